The quantitative estimate of drug-likeness (QED) is 0.703. The molecule has 6 heteroatoms. The monoisotopic (exact) mass is 348 g/mol. The Bertz CT molecular complexity index is 616. The Morgan fingerprint density at radius 3 is 2.12 bits per heavy atom. The average molecular weight is 348 g/mol. The molecule has 0 radical (unpaired) electrons. The van der Waals surface area contributed by atoms with Crippen LogP contribution in [0.25, 0.3) is 0 Å². The van der Waals surface area contributed by atoms with E-state index in [1.807, 2.05) is 30.3 Å². The van der Waals surface area contributed by atoms with Gasteiger partial charge in [0.15, 0.2) is 11.6 Å². The number of rotatable bonds is 8. The van der Waals surface area contributed by atoms with Gasteiger partial charge in [0, 0.05) is 17.9 Å². The van der Waals surface area contributed by atoms with Crippen LogP contribution in [0.1, 0.15) is 39.7 Å². The Morgan fingerprint density at radius 2 is 1.58 bits per heavy atom. The lowest BCUT2D eigenvalue weighted by atomic mass is 9.99. The first-order valence-corrected chi connectivity index (χ1v) is 8.32. The first-order chi connectivity index (χ1) is 11.2. The standard InChI is InChI=1S/C18H24N2O3S/c1-11(17(23)19-12(2)14(4)21)10-16(22)13(3)20-18(24)15-8-6-5-7-9-15/h5-9,11-13H,10H2,1-4H3,(H,19,23)(H,20,24). The molecule has 5 nitrogen and oxygen atoms in total. The molecule has 0 heterocycles. The van der Waals surface area contributed by atoms with E-state index in [9.17, 15) is 14.4 Å². The summed E-state index contributed by atoms with van der Waals surface area (Å²) < 4.78 is 0. The smallest absolute Gasteiger partial charge is 0.223 e. The predicted molar refractivity (Wildman–Crippen MR) is 97.8 cm³/mol. The number of benzene rings is 1. The van der Waals surface area contributed by atoms with Gasteiger partial charge < -0.3 is 10.6 Å². The molecule has 0 bridgehead atoms. The van der Waals surface area contributed by atoms with E-state index >= 15 is 0 Å². The summed E-state index contributed by atoms with van der Waals surface area (Å²) >= 11 is 5.29. The maximum absolute atomic E-state index is 12.3. The Kier molecular flexibility index (Phi) is 7.71. The number of Topliss-reactive ketones (excluding diaryl/α,β-unsaturated/α-hetero) is 2. The minimum Gasteiger partial charge on any atom is -0.366 e. The zero-order valence-electron chi connectivity index (χ0n) is 14.5. The Hall–Kier alpha value is -2.08. The molecule has 0 aliphatic rings. The van der Waals surface area contributed by atoms with Crippen LogP contribution in [0.15, 0.2) is 30.3 Å². The van der Waals surface area contributed by atoms with Crippen molar-refractivity contribution in [3.05, 3.63) is 35.9 Å². The normalized spacial score (nSPS) is 14.2. The van der Waals surface area contributed by atoms with Gasteiger partial charge in [-0.15, -0.1) is 0 Å². The molecule has 3 unspecified atom stereocenters. The van der Waals surface area contributed by atoms with Gasteiger partial charge in [0.25, 0.3) is 0 Å². The van der Waals surface area contributed by atoms with E-state index in [1.54, 1.807) is 20.8 Å². The number of hydrogen-bond donors (Lipinski definition) is 2. The molecule has 24 heavy (non-hydrogen) atoms. The van der Waals surface area contributed by atoms with Crippen molar-refractivity contribution in [2.75, 3.05) is 0 Å². The van der Waals surface area contributed by atoms with E-state index in [0.29, 0.717) is 4.99 Å². The fraction of sp³-hybridized carbons (Fsp3) is 0.444. The second-order valence-corrected chi connectivity index (χ2v) is 6.38. The van der Waals surface area contributed by atoms with Gasteiger partial charge in [-0.1, -0.05) is 49.5 Å². The largest absolute Gasteiger partial charge is 0.366 e. The second-order valence-electron chi connectivity index (χ2n) is 5.97. The van der Waals surface area contributed by atoms with Gasteiger partial charge in [-0.2, -0.15) is 0 Å². The van der Waals surface area contributed by atoms with Crippen molar-refractivity contribution in [3.63, 3.8) is 0 Å². The summed E-state index contributed by atoms with van der Waals surface area (Å²) in [6.07, 6.45) is 0.0853. The molecule has 3 atom stereocenters. The zero-order chi connectivity index (χ0) is 18.3. The summed E-state index contributed by atoms with van der Waals surface area (Å²) in [5, 5.41) is 5.60. The summed E-state index contributed by atoms with van der Waals surface area (Å²) in [6, 6.07) is 8.34. The van der Waals surface area contributed by atoms with Gasteiger partial charge in [-0.25, -0.2) is 0 Å². The van der Waals surface area contributed by atoms with Crippen LogP contribution in [0.4, 0.5) is 0 Å². The lowest BCUT2D eigenvalue weighted by molar-refractivity contribution is -0.131. The molecular weight excluding hydrogens is 324 g/mol. The summed E-state index contributed by atoms with van der Waals surface area (Å²) in [5.41, 5.74) is 0.841. The fourth-order valence-electron chi connectivity index (χ4n) is 1.98. The van der Waals surface area contributed by atoms with Gasteiger partial charge >= 0.3 is 0 Å². The minimum atomic E-state index is -0.545. The number of ketones is 2. The maximum Gasteiger partial charge on any atom is 0.223 e. The van der Waals surface area contributed by atoms with Crippen molar-refractivity contribution < 1.29 is 14.4 Å². The Labute approximate surface area is 148 Å². The van der Waals surface area contributed by atoms with E-state index in [4.69, 9.17) is 12.2 Å². The first kappa shape index (κ1) is 20.0. The first-order valence-electron chi connectivity index (χ1n) is 7.91. The lowest BCUT2D eigenvalue weighted by Gasteiger charge is -2.18. The van der Waals surface area contributed by atoms with Crippen LogP contribution in [0.2, 0.25) is 0 Å². The molecule has 0 spiro atoms. The number of carbonyl (C=O) groups excluding carboxylic acids is 3. The predicted octanol–water partition coefficient (Wildman–Crippen LogP) is 2.03. The molecule has 0 aromatic heterocycles. The van der Waals surface area contributed by atoms with Crippen LogP contribution >= 0.6 is 12.2 Å². The van der Waals surface area contributed by atoms with Crippen LogP contribution in [-0.2, 0) is 14.4 Å². The number of hydrogen-bond acceptors (Lipinski definition) is 4. The Balaban J connectivity index is 2.52. The maximum atomic E-state index is 12.3. The van der Waals surface area contributed by atoms with E-state index in [1.165, 1.54) is 6.92 Å². The number of amides is 1. The molecule has 2 N–H and O–H groups in total. The van der Waals surface area contributed by atoms with Gasteiger partial charge in [-0.05, 0) is 20.8 Å². The van der Waals surface area contributed by atoms with Gasteiger partial charge in [0.2, 0.25) is 5.91 Å². The molecule has 0 aliphatic carbocycles. The van der Waals surface area contributed by atoms with Gasteiger partial charge in [-0.3, -0.25) is 14.4 Å². The highest BCUT2D eigenvalue weighted by molar-refractivity contribution is 7.80. The number of thiocarbonyl (C=S) groups is 1. The van der Waals surface area contributed by atoms with E-state index in [2.05, 4.69) is 10.6 Å². The molecule has 130 valence electrons. The number of nitrogens with one attached hydrogen (secondary N) is 2. The van der Waals surface area contributed by atoms with E-state index < -0.39 is 18.0 Å². The number of carbonyl (C=O) groups is 3. The van der Waals surface area contributed by atoms with E-state index in [-0.39, 0.29) is 23.9 Å². The molecule has 0 saturated carbocycles. The summed E-state index contributed by atoms with van der Waals surface area (Å²) in [4.78, 5) is 36.0. The van der Waals surface area contributed by atoms with Crippen LogP contribution < -0.4 is 10.6 Å². The van der Waals surface area contributed by atoms with E-state index in [0.717, 1.165) is 5.56 Å². The van der Waals surface area contributed by atoms with Gasteiger partial charge in [0.05, 0.1) is 12.1 Å². The molecular formula is C18H24N2O3S. The highest BCUT2D eigenvalue weighted by Crippen LogP contribution is 2.07. The van der Waals surface area contributed by atoms with Crippen molar-refractivity contribution in [2.24, 2.45) is 5.92 Å². The molecule has 1 amide bonds. The second kappa shape index (κ2) is 9.27. The van der Waals surface area contributed by atoms with Crippen molar-refractivity contribution >= 4 is 34.7 Å². The van der Waals surface area contributed by atoms with Crippen molar-refractivity contribution in [1.29, 1.82) is 0 Å². The van der Waals surface area contributed by atoms with Gasteiger partial charge in [0.1, 0.15) is 4.99 Å². The van der Waals surface area contributed by atoms with Crippen LogP contribution in [0, 0.1) is 5.92 Å². The molecule has 1 aromatic carbocycles. The van der Waals surface area contributed by atoms with Crippen LogP contribution in [0.5, 0.6) is 0 Å². The molecule has 1 rings (SSSR count). The topological polar surface area (TPSA) is 75.3 Å². The molecule has 0 aliphatic heterocycles. The van der Waals surface area contributed by atoms with Crippen molar-refractivity contribution in [2.45, 2.75) is 46.2 Å². The minimum absolute atomic E-state index is 0.0853. The third-order valence-electron chi connectivity index (χ3n) is 3.79. The molecule has 0 saturated heterocycles. The average Bonchev–Trinajstić information content (AvgIpc) is 2.55. The molecule has 0 fully saturated rings. The highest BCUT2D eigenvalue weighted by atomic mass is 32.1. The highest BCUT2D eigenvalue weighted by Gasteiger charge is 2.23. The lowest BCUT2D eigenvalue weighted by Crippen LogP contribution is -2.43. The SMILES string of the molecule is CC(=O)C(C)NC(=O)C(C)CC(=O)C(C)NC(=S)c1ccccc1. The summed E-state index contributed by atoms with van der Waals surface area (Å²) in [6.45, 7) is 6.43. The van der Waals surface area contributed by atoms with Crippen molar-refractivity contribution in [3.8, 4) is 0 Å². The summed E-state index contributed by atoms with van der Waals surface area (Å²) in [5.74, 6) is -1.03. The van der Waals surface area contributed by atoms with Crippen LogP contribution in [-0.4, -0.2) is 34.5 Å². The van der Waals surface area contributed by atoms with Crippen molar-refractivity contribution in [1.82, 2.24) is 10.6 Å². The third kappa shape index (κ3) is 6.20. The van der Waals surface area contributed by atoms with Crippen LogP contribution in [0.3, 0.4) is 0 Å². The third-order valence-corrected chi connectivity index (χ3v) is 4.14. The summed E-state index contributed by atoms with van der Waals surface area (Å²) in [7, 11) is 0. The molecule has 1 aromatic rings. The fourth-order valence-corrected chi connectivity index (χ4v) is 2.29. The Morgan fingerprint density at radius 1 is 1.00 bits per heavy atom. The zero-order valence-corrected chi connectivity index (χ0v) is 15.3.